The number of carbonyl (C=O) groups is 1. The highest BCUT2D eigenvalue weighted by atomic mass is 16.2. The van der Waals surface area contributed by atoms with Gasteiger partial charge >= 0.3 is 0 Å². The third-order valence-corrected chi connectivity index (χ3v) is 8.03. The van der Waals surface area contributed by atoms with Gasteiger partial charge in [-0.15, -0.1) is 0 Å². The van der Waals surface area contributed by atoms with Crippen LogP contribution in [0.25, 0.3) is 11.0 Å². The Morgan fingerprint density at radius 1 is 1.06 bits per heavy atom. The van der Waals surface area contributed by atoms with Gasteiger partial charge in [-0.05, 0) is 69.9 Å². The van der Waals surface area contributed by atoms with E-state index in [1.54, 1.807) is 0 Å². The number of imidazole rings is 1. The zero-order valence-corrected chi connectivity index (χ0v) is 19.9. The van der Waals surface area contributed by atoms with Crippen molar-refractivity contribution in [3.8, 4) is 0 Å². The van der Waals surface area contributed by atoms with Gasteiger partial charge in [0.25, 0.3) is 0 Å². The molecule has 2 aromatic rings. The van der Waals surface area contributed by atoms with Gasteiger partial charge < -0.3 is 9.47 Å². The van der Waals surface area contributed by atoms with E-state index in [-0.39, 0.29) is 0 Å². The number of carbonyl (C=O) groups excluding carboxylic acids is 1. The van der Waals surface area contributed by atoms with Gasteiger partial charge in [-0.3, -0.25) is 4.79 Å². The first-order valence-electron chi connectivity index (χ1n) is 12.9. The summed E-state index contributed by atoms with van der Waals surface area (Å²) in [5, 5.41) is 0. The average molecular weight is 424 g/mol. The van der Waals surface area contributed by atoms with Gasteiger partial charge in [0.15, 0.2) is 0 Å². The van der Waals surface area contributed by atoms with Crippen LogP contribution in [0.1, 0.15) is 102 Å². The maximum Gasteiger partial charge on any atom is 0.224 e. The summed E-state index contributed by atoms with van der Waals surface area (Å²) >= 11 is 0. The molecule has 0 unspecified atom stereocenters. The molecule has 0 aliphatic heterocycles. The molecule has 4 heteroatoms. The first-order chi connectivity index (χ1) is 15.1. The molecular weight excluding hydrogens is 382 g/mol. The molecule has 0 saturated heterocycles. The summed E-state index contributed by atoms with van der Waals surface area (Å²) in [6, 6.07) is 6.94. The van der Waals surface area contributed by atoms with E-state index in [4.69, 9.17) is 4.98 Å². The first kappa shape index (κ1) is 22.4. The molecule has 0 atom stereocenters. The normalized spacial score (nSPS) is 22.7. The van der Waals surface area contributed by atoms with E-state index in [1.165, 1.54) is 81.1 Å². The number of para-hydroxylation sites is 1. The van der Waals surface area contributed by atoms with Crippen molar-refractivity contribution in [1.29, 1.82) is 0 Å². The first-order valence-corrected chi connectivity index (χ1v) is 12.9. The Kier molecular flexibility index (Phi) is 7.35. The van der Waals surface area contributed by atoms with Crippen molar-refractivity contribution in [2.45, 2.75) is 110 Å². The van der Waals surface area contributed by atoms with E-state index < -0.39 is 0 Å². The Balaban J connectivity index is 1.54. The third-order valence-electron chi connectivity index (χ3n) is 8.03. The molecule has 31 heavy (non-hydrogen) atoms. The van der Waals surface area contributed by atoms with Crippen molar-refractivity contribution in [3.05, 3.63) is 29.6 Å². The Morgan fingerprint density at radius 3 is 2.48 bits per heavy atom. The second-order valence-corrected chi connectivity index (χ2v) is 9.91. The van der Waals surface area contributed by atoms with Crippen LogP contribution in [-0.4, -0.2) is 32.9 Å². The van der Waals surface area contributed by atoms with Crippen LogP contribution in [0, 0.1) is 12.8 Å². The third kappa shape index (κ3) is 4.83. The lowest BCUT2D eigenvalue weighted by Crippen LogP contribution is -2.41. The summed E-state index contributed by atoms with van der Waals surface area (Å²) < 4.78 is 2.39. The molecule has 2 fully saturated rings. The fraction of sp³-hybridized carbons (Fsp3) is 0.704. The highest BCUT2D eigenvalue weighted by Crippen LogP contribution is 2.38. The average Bonchev–Trinajstić information content (AvgIpc) is 3.19. The lowest BCUT2D eigenvalue weighted by Gasteiger charge is -2.34. The van der Waals surface area contributed by atoms with Gasteiger partial charge in [-0.2, -0.15) is 0 Å². The predicted octanol–water partition coefficient (Wildman–Crippen LogP) is 6.60. The number of aryl methyl sites for hydroxylation is 2. The van der Waals surface area contributed by atoms with Crippen LogP contribution in [-0.2, 0) is 11.3 Å². The maximum absolute atomic E-state index is 13.2. The number of aromatic nitrogens is 2. The topological polar surface area (TPSA) is 38.1 Å². The molecule has 1 amide bonds. The highest BCUT2D eigenvalue weighted by molar-refractivity contribution is 5.80. The van der Waals surface area contributed by atoms with Crippen LogP contribution < -0.4 is 0 Å². The Morgan fingerprint density at radius 2 is 1.81 bits per heavy atom. The summed E-state index contributed by atoms with van der Waals surface area (Å²) in [6.45, 7) is 8.21. The fourth-order valence-electron chi connectivity index (χ4n) is 6.06. The van der Waals surface area contributed by atoms with Gasteiger partial charge in [0.2, 0.25) is 5.91 Å². The van der Waals surface area contributed by atoms with Crippen molar-refractivity contribution in [2.24, 2.45) is 5.92 Å². The number of amides is 1. The zero-order chi connectivity index (χ0) is 21.8. The van der Waals surface area contributed by atoms with Gasteiger partial charge in [-0.25, -0.2) is 4.98 Å². The minimum Gasteiger partial charge on any atom is -0.340 e. The standard InChI is InChI=1S/C27H41N3O/c1-4-21-14-16-22(17-15-21)27-28-26-20(3)10-9-13-24(26)30(27)19-18-25(31)29(5-2)23-11-7-6-8-12-23/h9-10,13,21-23H,4-8,11-12,14-19H2,1-3H3. The van der Waals surface area contributed by atoms with Crippen molar-refractivity contribution in [2.75, 3.05) is 6.54 Å². The molecule has 0 radical (unpaired) electrons. The van der Waals surface area contributed by atoms with Gasteiger partial charge in [0, 0.05) is 31.5 Å². The largest absolute Gasteiger partial charge is 0.340 e. The van der Waals surface area contributed by atoms with Crippen LogP contribution in [0.15, 0.2) is 18.2 Å². The summed E-state index contributed by atoms with van der Waals surface area (Å²) in [7, 11) is 0. The van der Waals surface area contributed by atoms with Crippen molar-refractivity contribution in [1.82, 2.24) is 14.5 Å². The smallest absolute Gasteiger partial charge is 0.224 e. The SMILES string of the molecule is CCC1CCC(c2nc3c(C)cccc3n2CCC(=O)N(CC)C2CCCCC2)CC1. The highest BCUT2D eigenvalue weighted by Gasteiger charge is 2.28. The van der Waals surface area contributed by atoms with Crippen LogP contribution in [0.5, 0.6) is 0 Å². The lowest BCUT2D eigenvalue weighted by molar-refractivity contribution is -0.134. The molecule has 1 heterocycles. The Hall–Kier alpha value is -1.84. The van der Waals surface area contributed by atoms with Gasteiger partial charge in [0.1, 0.15) is 5.82 Å². The zero-order valence-electron chi connectivity index (χ0n) is 19.9. The number of nitrogens with zero attached hydrogens (tertiary/aromatic N) is 3. The minimum absolute atomic E-state index is 0.324. The minimum atomic E-state index is 0.324. The van der Waals surface area contributed by atoms with Crippen LogP contribution in [0.4, 0.5) is 0 Å². The molecule has 4 nitrogen and oxygen atoms in total. The lowest BCUT2D eigenvalue weighted by atomic mass is 9.80. The fourth-order valence-corrected chi connectivity index (χ4v) is 6.06. The van der Waals surface area contributed by atoms with E-state index in [0.29, 0.717) is 24.3 Å². The molecule has 1 aromatic heterocycles. The second-order valence-electron chi connectivity index (χ2n) is 9.91. The molecule has 0 N–H and O–H groups in total. The molecular formula is C27H41N3O. The summed E-state index contributed by atoms with van der Waals surface area (Å²) in [4.78, 5) is 20.6. The predicted molar refractivity (Wildman–Crippen MR) is 128 cm³/mol. The van der Waals surface area contributed by atoms with Crippen molar-refractivity contribution >= 4 is 16.9 Å². The van der Waals surface area contributed by atoms with Crippen LogP contribution in [0.3, 0.4) is 0 Å². The molecule has 4 rings (SSSR count). The number of hydrogen-bond acceptors (Lipinski definition) is 2. The summed E-state index contributed by atoms with van der Waals surface area (Å²) in [5.41, 5.74) is 3.58. The van der Waals surface area contributed by atoms with Crippen molar-refractivity contribution in [3.63, 3.8) is 0 Å². The maximum atomic E-state index is 13.2. The van der Waals surface area contributed by atoms with Crippen molar-refractivity contribution < 1.29 is 4.79 Å². The monoisotopic (exact) mass is 423 g/mol. The number of rotatable bonds is 7. The van der Waals surface area contributed by atoms with Gasteiger partial charge in [0.05, 0.1) is 11.0 Å². The molecule has 2 aliphatic rings. The molecule has 2 saturated carbocycles. The van der Waals surface area contributed by atoms with E-state index >= 15 is 0 Å². The second kappa shape index (κ2) is 10.2. The Bertz CT molecular complexity index is 872. The quantitative estimate of drug-likeness (QED) is 0.503. The number of hydrogen-bond donors (Lipinski definition) is 0. The van der Waals surface area contributed by atoms with Crippen LogP contribution in [0.2, 0.25) is 0 Å². The number of fused-ring (bicyclic) bond motifs is 1. The Labute approximate surface area is 188 Å². The van der Waals surface area contributed by atoms with Gasteiger partial charge in [-0.1, -0.05) is 44.7 Å². The molecule has 0 bridgehead atoms. The van der Waals surface area contributed by atoms with E-state index in [0.717, 1.165) is 24.5 Å². The van der Waals surface area contributed by atoms with E-state index in [1.807, 2.05) is 0 Å². The molecule has 2 aliphatic carbocycles. The summed E-state index contributed by atoms with van der Waals surface area (Å²) in [5.74, 6) is 2.97. The van der Waals surface area contributed by atoms with E-state index in [2.05, 4.69) is 48.4 Å². The molecule has 1 aromatic carbocycles. The molecule has 0 spiro atoms. The molecule has 170 valence electrons. The summed E-state index contributed by atoms with van der Waals surface area (Å²) in [6.07, 6.45) is 13.2. The van der Waals surface area contributed by atoms with Crippen LogP contribution >= 0.6 is 0 Å². The number of benzene rings is 1. The van der Waals surface area contributed by atoms with E-state index in [9.17, 15) is 4.79 Å².